The van der Waals surface area contributed by atoms with E-state index in [1.165, 1.54) is 11.3 Å². The van der Waals surface area contributed by atoms with Crippen molar-refractivity contribution in [3.63, 3.8) is 0 Å². The number of thiazole rings is 1. The summed E-state index contributed by atoms with van der Waals surface area (Å²) < 4.78 is 0. The number of aromatic nitrogens is 1. The molecule has 0 saturated heterocycles. The number of anilines is 1. The number of hydrogen-bond donors (Lipinski definition) is 1. The van der Waals surface area contributed by atoms with E-state index in [4.69, 9.17) is 11.6 Å². The van der Waals surface area contributed by atoms with E-state index in [0.29, 0.717) is 35.2 Å². The van der Waals surface area contributed by atoms with Gasteiger partial charge in [0.15, 0.2) is 5.13 Å². The molecule has 1 aliphatic rings. The molecule has 1 aromatic heterocycles. The lowest BCUT2D eigenvalue weighted by Gasteiger charge is -2.31. The SMILES string of the molecule is O=C(O)C[C@@H]1C(=O)N(c2nc(-c3ccccc3Cl)cs2)CC=CC[C@@H]1Cc1ccccc1. The second-order valence-corrected chi connectivity index (χ2v) is 9.05. The van der Waals surface area contributed by atoms with Crippen LogP contribution in [0.15, 0.2) is 72.1 Å². The molecule has 2 heterocycles. The third-order valence-corrected chi connectivity index (χ3v) is 6.85. The minimum absolute atomic E-state index is 0.108. The van der Waals surface area contributed by atoms with Gasteiger partial charge >= 0.3 is 5.97 Å². The van der Waals surface area contributed by atoms with E-state index >= 15 is 0 Å². The summed E-state index contributed by atoms with van der Waals surface area (Å²) in [6.07, 6.45) is 5.11. The Hall–Kier alpha value is -2.96. The Morgan fingerprint density at radius 1 is 1.12 bits per heavy atom. The molecule has 2 atom stereocenters. The van der Waals surface area contributed by atoms with Gasteiger partial charge in [-0.15, -0.1) is 11.3 Å². The number of allylic oxidation sites excluding steroid dienone is 1. The van der Waals surface area contributed by atoms with E-state index in [1.54, 1.807) is 11.0 Å². The quantitative estimate of drug-likeness (QED) is 0.472. The maximum Gasteiger partial charge on any atom is 0.304 e. The minimum Gasteiger partial charge on any atom is -0.481 e. The molecule has 32 heavy (non-hydrogen) atoms. The van der Waals surface area contributed by atoms with Crippen LogP contribution in [0, 0.1) is 11.8 Å². The van der Waals surface area contributed by atoms with Crippen molar-refractivity contribution < 1.29 is 14.7 Å². The Balaban J connectivity index is 1.64. The third kappa shape index (κ3) is 5.09. The number of hydrogen-bond acceptors (Lipinski definition) is 4. The van der Waals surface area contributed by atoms with E-state index in [2.05, 4.69) is 4.98 Å². The van der Waals surface area contributed by atoms with Crippen LogP contribution >= 0.6 is 22.9 Å². The van der Waals surface area contributed by atoms with Crippen molar-refractivity contribution in [2.24, 2.45) is 11.8 Å². The van der Waals surface area contributed by atoms with E-state index in [9.17, 15) is 14.7 Å². The Bertz CT molecular complexity index is 1130. The molecule has 0 radical (unpaired) electrons. The Morgan fingerprint density at radius 3 is 2.62 bits per heavy atom. The molecule has 4 rings (SSSR count). The molecule has 1 N–H and O–H groups in total. The fourth-order valence-corrected chi connectivity index (χ4v) is 5.12. The van der Waals surface area contributed by atoms with Crippen LogP contribution in [-0.4, -0.2) is 28.5 Å². The first-order chi connectivity index (χ1) is 15.5. The molecule has 0 spiro atoms. The molecule has 0 unspecified atom stereocenters. The van der Waals surface area contributed by atoms with Gasteiger partial charge in [-0.2, -0.15) is 0 Å². The minimum atomic E-state index is -0.971. The molecular weight excluding hydrogens is 444 g/mol. The van der Waals surface area contributed by atoms with Crippen molar-refractivity contribution in [1.82, 2.24) is 4.98 Å². The van der Waals surface area contributed by atoms with E-state index < -0.39 is 11.9 Å². The Morgan fingerprint density at radius 2 is 1.88 bits per heavy atom. The van der Waals surface area contributed by atoms with E-state index in [1.807, 2.05) is 66.1 Å². The zero-order chi connectivity index (χ0) is 22.5. The number of carboxylic acids is 1. The van der Waals surface area contributed by atoms with E-state index in [-0.39, 0.29) is 18.2 Å². The first-order valence-corrected chi connectivity index (χ1v) is 11.7. The maximum atomic E-state index is 13.6. The number of halogens is 1. The number of nitrogens with zero attached hydrogens (tertiary/aromatic N) is 2. The van der Waals surface area contributed by atoms with Crippen LogP contribution in [0.4, 0.5) is 5.13 Å². The van der Waals surface area contributed by atoms with Crippen LogP contribution in [0.25, 0.3) is 11.3 Å². The van der Waals surface area contributed by atoms with Gasteiger partial charge in [0.1, 0.15) is 0 Å². The van der Waals surface area contributed by atoms with Gasteiger partial charge in [0.05, 0.1) is 18.0 Å². The topological polar surface area (TPSA) is 70.5 Å². The molecule has 0 saturated carbocycles. The highest BCUT2D eigenvalue weighted by Crippen LogP contribution is 2.35. The number of amides is 1. The number of benzene rings is 2. The van der Waals surface area contributed by atoms with Crippen molar-refractivity contribution in [3.8, 4) is 11.3 Å². The Labute approximate surface area is 196 Å². The average molecular weight is 467 g/mol. The molecule has 2 aromatic carbocycles. The standard InChI is InChI=1S/C25H23ClN2O3S/c26-21-12-5-4-11-19(21)22-16-32-25(27-22)28-13-7-6-10-18(14-17-8-2-1-3-9-17)20(24(28)31)15-23(29)30/h1-9,11-12,16,18,20H,10,13-15H2,(H,29,30)/t18-,20+/m1/s1. The normalized spacial score (nSPS) is 18.9. The van der Waals surface area contributed by atoms with Crippen LogP contribution in [0.1, 0.15) is 18.4 Å². The van der Waals surface area contributed by atoms with Gasteiger partial charge in [-0.1, -0.05) is 72.3 Å². The third-order valence-electron chi connectivity index (χ3n) is 5.65. The highest BCUT2D eigenvalue weighted by atomic mass is 35.5. The summed E-state index contributed by atoms with van der Waals surface area (Å²) >= 11 is 7.67. The van der Waals surface area contributed by atoms with Gasteiger partial charge in [0.25, 0.3) is 0 Å². The number of carbonyl (C=O) groups excluding carboxylic acids is 1. The van der Waals surface area contributed by atoms with Crippen molar-refractivity contribution in [3.05, 3.63) is 82.7 Å². The van der Waals surface area contributed by atoms with Gasteiger partial charge in [-0.3, -0.25) is 14.5 Å². The van der Waals surface area contributed by atoms with Crippen LogP contribution in [0.3, 0.4) is 0 Å². The zero-order valence-corrected chi connectivity index (χ0v) is 18.9. The molecule has 1 aliphatic heterocycles. The van der Waals surface area contributed by atoms with Crippen molar-refractivity contribution >= 4 is 39.9 Å². The number of carboxylic acid groups (broad SMARTS) is 1. The smallest absolute Gasteiger partial charge is 0.304 e. The fraction of sp³-hybridized carbons (Fsp3) is 0.240. The first kappa shape index (κ1) is 22.2. The Kier molecular flexibility index (Phi) is 7.02. The summed E-state index contributed by atoms with van der Waals surface area (Å²) in [5.41, 5.74) is 2.59. The van der Waals surface area contributed by atoms with Gasteiger partial charge < -0.3 is 5.11 Å². The van der Waals surface area contributed by atoms with Crippen LogP contribution in [0.5, 0.6) is 0 Å². The maximum absolute atomic E-state index is 13.6. The van der Waals surface area contributed by atoms with Gasteiger partial charge in [-0.05, 0) is 30.4 Å². The predicted octanol–water partition coefficient (Wildman–Crippen LogP) is 5.71. The highest BCUT2D eigenvalue weighted by molar-refractivity contribution is 7.14. The summed E-state index contributed by atoms with van der Waals surface area (Å²) in [6.45, 7) is 0.364. The molecule has 0 aliphatic carbocycles. The van der Waals surface area contributed by atoms with Crippen molar-refractivity contribution in [1.29, 1.82) is 0 Å². The molecule has 164 valence electrons. The second kappa shape index (κ2) is 10.1. The van der Waals surface area contributed by atoms with Crippen molar-refractivity contribution in [2.45, 2.75) is 19.3 Å². The summed E-state index contributed by atoms with van der Waals surface area (Å²) in [4.78, 5) is 31.6. The summed E-state index contributed by atoms with van der Waals surface area (Å²) in [5, 5.41) is 12.6. The monoisotopic (exact) mass is 466 g/mol. The number of aliphatic carboxylic acids is 1. The largest absolute Gasteiger partial charge is 0.481 e. The van der Waals surface area contributed by atoms with Crippen LogP contribution in [-0.2, 0) is 16.0 Å². The lowest BCUT2D eigenvalue weighted by molar-refractivity contribution is -0.141. The van der Waals surface area contributed by atoms with E-state index in [0.717, 1.165) is 11.1 Å². The zero-order valence-electron chi connectivity index (χ0n) is 17.4. The summed E-state index contributed by atoms with van der Waals surface area (Å²) in [7, 11) is 0. The lowest BCUT2D eigenvalue weighted by atomic mass is 9.80. The van der Waals surface area contributed by atoms with Crippen LogP contribution < -0.4 is 4.90 Å². The molecule has 5 nitrogen and oxygen atoms in total. The summed E-state index contributed by atoms with van der Waals surface area (Å²) in [5.74, 6) is -1.91. The van der Waals surface area contributed by atoms with Gasteiger partial charge in [-0.25, -0.2) is 4.98 Å². The van der Waals surface area contributed by atoms with Crippen LogP contribution in [0.2, 0.25) is 5.02 Å². The van der Waals surface area contributed by atoms with Gasteiger partial charge in [0, 0.05) is 22.5 Å². The molecule has 3 aromatic rings. The number of carbonyl (C=O) groups is 2. The molecule has 1 amide bonds. The highest BCUT2D eigenvalue weighted by Gasteiger charge is 2.35. The second-order valence-electron chi connectivity index (χ2n) is 7.81. The molecule has 0 bridgehead atoms. The number of rotatable bonds is 6. The molecular formula is C25H23ClN2O3S. The summed E-state index contributed by atoms with van der Waals surface area (Å²) in [6, 6.07) is 17.3. The lowest BCUT2D eigenvalue weighted by Crippen LogP contribution is -2.42. The van der Waals surface area contributed by atoms with Crippen molar-refractivity contribution in [2.75, 3.05) is 11.4 Å². The predicted molar refractivity (Wildman–Crippen MR) is 128 cm³/mol. The molecule has 0 fully saturated rings. The first-order valence-electron chi connectivity index (χ1n) is 10.5. The average Bonchev–Trinajstić information content (AvgIpc) is 3.26. The van der Waals surface area contributed by atoms with Gasteiger partial charge in [0.2, 0.25) is 5.91 Å². The fourth-order valence-electron chi connectivity index (χ4n) is 4.04. The molecule has 7 heteroatoms.